The molecule has 1 aromatic carbocycles. The molecule has 0 saturated carbocycles. The van der Waals surface area contributed by atoms with Gasteiger partial charge < -0.3 is 19.0 Å². The predicted octanol–water partition coefficient (Wildman–Crippen LogP) is 2.88. The highest BCUT2D eigenvalue weighted by atomic mass is 16.5. The summed E-state index contributed by atoms with van der Waals surface area (Å²) >= 11 is 0. The summed E-state index contributed by atoms with van der Waals surface area (Å²) in [6.45, 7) is 0.254. The van der Waals surface area contributed by atoms with E-state index in [1.165, 1.54) is 0 Å². The summed E-state index contributed by atoms with van der Waals surface area (Å²) in [6, 6.07) is 14.4. The third kappa shape index (κ3) is 3.01. The highest BCUT2D eigenvalue weighted by molar-refractivity contribution is 5.95. The summed E-state index contributed by atoms with van der Waals surface area (Å²) in [4.78, 5) is 12.5. The van der Waals surface area contributed by atoms with Crippen LogP contribution in [0.15, 0.2) is 59.3 Å². The first kappa shape index (κ1) is 15.4. The third-order valence-corrected chi connectivity index (χ3v) is 3.58. The Balaban J connectivity index is 1.89. The number of benzene rings is 1. The second-order valence-electron chi connectivity index (χ2n) is 5.02. The van der Waals surface area contributed by atoms with Gasteiger partial charge >= 0.3 is 0 Å². The Morgan fingerprint density at radius 2 is 2.08 bits per heavy atom. The van der Waals surface area contributed by atoms with Gasteiger partial charge in [0, 0.05) is 11.9 Å². The molecule has 1 N–H and O–H groups in total. The Kier molecular flexibility index (Phi) is 4.34. The van der Waals surface area contributed by atoms with Crippen LogP contribution < -0.4 is 10.1 Å². The second kappa shape index (κ2) is 6.75. The first-order valence-corrected chi connectivity index (χ1v) is 7.29. The van der Waals surface area contributed by atoms with Gasteiger partial charge in [0.2, 0.25) is 0 Å². The van der Waals surface area contributed by atoms with E-state index in [0.717, 1.165) is 11.4 Å². The van der Waals surface area contributed by atoms with Crippen molar-refractivity contribution in [3.63, 3.8) is 0 Å². The summed E-state index contributed by atoms with van der Waals surface area (Å²) in [5.41, 5.74) is 1.36. The number of nitrogens with zero attached hydrogens (tertiary/aromatic N) is 2. The fourth-order valence-electron chi connectivity index (χ4n) is 2.38. The summed E-state index contributed by atoms with van der Waals surface area (Å²) < 4.78 is 12.0. The maximum Gasteiger partial charge on any atom is 0.270 e. The molecule has 0 radical (unpaired) electrons. The van der Waals surface area contributed by atoms with Crippen LogP contribution in [0, 0.1) is 11.3 Å². The van der Waals surface area contributed by atoms with Crippen LogP contribution in [0.1, 0.15) is 21.8 Å². The SMILES string of the molecule is COc1ccc(-n2ccc(C#N)c2C(=O)NCc2ccco2)cc1. The molecule has 2 heterocycles. The topological polar surface area (TPSA) is 80.2 Å². The number of aromatic nitrogens is 1. The van der Waals surface area contributed by atoms with E-state index < -0.39 is 0 Å². The summed E-state index contributed by atoms with van der Waals surface area (Å²) in [5.74, 6) is 1.02. The molecule has 0 atom stereocenters. The van der Waals surface area contributed by atoms with Gasteiger partial charge in [-0.2, -0.15) is 5.26 Å². The lowest BCUT2D eigenvalue weighted by atomic mass is 10.2. The molecule has 6 nitrogen and oxygen atoms in total. The minimum atomic E-state index is -0.344. The van der Waals surface area contributed by atoms with E-state index in [1.54, 1.807) is 54.5 Å². The van der Waals surface area contributed by atoms with E-state index in [0.29, 0.717) is 11.3 Å². The number of carbonyl (C=O) groups excluding carboxylic acids is 1. The molecule has 120 valence electrons. The molecule has 0 aliphatic rings. The van der Waals surface area contributed by atoms with Gasteiger partial charge in [0.25, 0.3) is 5.91 Å². The zero-order valence-corrected chi connectivity index (χ0v) is 13.0. The minimum Gasteiger partial charge on any atom is -0.497 e. The Morgan fingerprint density at radius 3 is 2.71 bits per heavy atom. The van der Waals surface area contributed by atoms with Gasteiger partial charge in [-0.05, 0) is 42.5 Å². The standard InChI is InChI=1S/C18H15N3O3/c1-23-15-6-4-14(5-7-15)21-9-8-13(11-19)17(21)18(22)20-12-16-3-2-10-24-16/h2-10H,12H2,1H3,(H,20,22). The monoisotopic (exact) mass is 321 g/mol. The number of hydrogen-bond donors (Lipinski definition) is 1. The van der Waals surface area contributed by atoms with Crippen molar-refractivity contribution in [2.24, 2.45) is 0 Å². The summed E-state index contributed by atoms with van der Waals surface area (Å²) in [7, 11) is 1.59. The Morgan fingerprint density at radius 1 is 1.29 bits per heavy atom. The average molecular weight is 321 g/mol. The fourth-order valence-corrected chi connectivity index (χ4v) is 2.38. The van der Waals surface area contributed by atoms with Crippen molar-refractivity contribution < 1.29 is 13.9 Å². The van der Waals surface area contributed by atoms with Crippen molar-refractivity contribution in [1.82, 2.24) is 9.88 Å². The van der Waals surface area contributed by atoms with Gasteiger partial charge in [-0.15, -0.1) is 0 Å². The molecule has 0 saturated heterocycles. The van der Waals surface area contributed by atoms with Gasteiger partial charge in [-0.1, -0.05) is 0 Å². The van der Waals surface area contributed by atoms with E-state index in [1.807, 2.05) is 12.1 Å². The van der Waals surface area contributed by atoms with Crippen LogP contribution in [0.3, 0.4) is 0 Å². The Bertz CT molecular complexity index is 871. The van der Waals surface area contributed by atoms with Crippen molar-refractivity contribution in [2.45, 2.75) is 6.54 Å². The molecule has 6 heteroatoms. The van der Waals surface area contributed by atoms with E-state index in [2.05, 4.69) is 11.4 Å². The number of nitriles is 1. The highest BCUT2D eigenvalue weighted by Gasteiger charge is 2.18. The highest BCUT2D eigenvalue weighted by Crippen LogP contribution is 2.20. The molecule has 0 spiro atoms. The molecule has 0 aliphatic carbocycles. The van der Waals surface area contributed by atoms with Crippen LogP contribution in [0.2, 0.25) is 0 Å². The van der Waals surface area contributed by atoms with Crippen LogP contribution in [-0.4, -0.2) is 17.6 Å². The van der Waals surface area contributed by atoms with Gasteiger partial charge in [0.15, 0.2) is 0 Å². The van der Waals surface area contributed by atoms with Crippen LogP contribution in [0.5, 0.6) is 5.75 Å². The van der Waals surface area contributed by atoms with E-state index in [4.69, 9.17) is 9.15 Å². The van der Waals surface area contributed by atoms with Crippen molar-refractivity contribution in [3.05, 3.63) is 71.9 Å². The number of rotatable bonds is 5. The maximum absolute atomic E-state index is 12.5. The lowest BCUT2D eigenvalue weighted by molar-refractivity contribution is 0.0941. The number of methoxy groups -OCH3 is 1. The molecule has 0 aliphatic heterocycles. The molecule has 3 rings (SSSR count). The van der Waals surface area contributed by atoms with Crippen molar-refractivity contribution in [1.29, 1.82) is 5.26 Å². The molecule has 2 aromatic heterocycles. The molecular weight excluding hydrogens is 306 g/mol. The third-order valence-electron chi connectivity index (χ3n) is 3.58. The number of carbonyl (C=O) groups is 1. The average Bonchev–Trinajstić information content (AvgIpc) is 3.29. The first-order valence-electron chi connectivity index (χ1n) is 7.29. The minimum absolute atomic E-state index is 0.254. The molecule has 0 fully saturated rings. The van der Waals surface area contributed by atoms with Crippen molar-refractivity contribution >= 4 is 5.91 Å². The quantitative estimate of drug-likeness (QED) is 0.783. The van der Waals surface area contributed by atoms with Crippen molar-refractivity contribution in [3.8, 4) is 17.5 Å². The van der Waals surface area contributed by atoms with E-state index in [9.17, 15) is 10.1 Å². The summed E-state index contributed by atoms with van der Waals surface area (Å²) in [5, 5.41) is 12.0. The largest absolute Gasteiger partial charge is 0.497 e. The van der Waals surface area contributed by atoms with Gasteiger partial charge in [0.1, 0.15) is 23.3 Å². The Labute approximate surface area is 138 Å². The van der Waals surface area contributed by atoms with Crippen LogP contribution >= 0.6 is 0 Å². The van der Waals surface area contributed by atoms with E-state index in [-0.39, 0.29) is 18.1 Å². The molecule has 0 unspecified atom stereocenters. The zero-order valence-electron chi connectivity index (χ0n) is 13.0. The summed E-state index contributed by atoms with van der Waals surface area (Å²) in [6.07, 6.45) is 3.24. The van der Waals surface area contributed by atoms with Gasteiger partial charge in [-0.3, -0.25) is 4.79 Å². The normalized spacial score (nSPS) is 10.2. The number of ether oxygens (including phenoxy) is 1. The van der Waals surface area contributed by atoms with Crippen LogP contribution in [-0.2, 0) is 6.54 Å². The number of hydrogen-bond acceptors (Lipinski definition) is 4. The van der Waals surface area contributed by atoms with Crippen LogP contribution in [0.4, 0.5) is 0 Å². The van der Waals surface area contributed by atoms with Crippen molar-refractivity contribution in [2.75, 3.05) is 7.11 Å². The van der Waals surface area contributed by atoms with E-state index >= 15 is 0 Å². The maximum atomic E-state index is 12.5. The Hall–Kier alpha value is -3.46. The van der Waals surface area contributed by atoms with Gasteiger partial charge in [-0.25, -0.2) is 0 Å². The fraction of sp³-hybridized carbons (Fsp3) is 0.111. The molecule has 0 bridgehead atoms. The van der Waals surface area contributed by atoms with Crippen LogP contribution in [0.25, 0.3) is 5.69 Å². The number of nitrogens with one attached hydrogen (secondary N) is 1. The molecule has 3 aromatic rings. The molecular formula is C18H15N3O3. The molecule has 1 amide bonds. The van der Waals surface area contributed by atoms with Gasteiger partial charge in [0.05, 0.1) is 25.5 Å². The lowest BCUT2D eigenvalue weighted by Gasteiger charge is -2.10. The number of furan rings is 1. The zero-order chi connectivity index (χ0) is 16.9. The second-order valence-corrected chi connectivity index (χ2v) is 5.02. The predicted molar refractivity (Wildman–Crippen MR) is 86.9 cm³/mol. The molecule has 24 heavy (non-hydrogen) atoms. The smallest absolute Gasteiger partial charge is 0.270 e. The lowest BCUT2D eigenvalue weighted by Crippen LogP contribution is -2.25. The number of amides is 1. The first-order chi connectivity index (χ1) is 11.7.